The van der Waals surface area contributed by atoms with Crippen LogP contribution in [-0.4, -0.2) is 26.3 Å². The molecule has 2 rings (SSSR count). The van der Waals surface area contributed by atoms with E-state index in [1.165, 1.54) is 12.0 Å². The van der Waals surface area contributed by atoms with Crippen LogP contribution in [0.5, 0.6) is 5.75 Å². The zero-order valence-electron chi connectivity index (χ0n) is 14.4. The van der Waals surface area contributed by atoms with Crippen LogP contribution in [0.25, 0.3) is 0 Å². The third-order valence-electron chi connectivity index (χ3n) is 3.54. The highest BCUT2D eigenvalue weighted by Gasteiger charge is 2.13. The van der Waals surface area contributed by atoms with Crippen molar-refractivity contribution in [1.82, 2.24) is 0 Å². The lowest BCUT2D eigenvalue weighted by Crippen LogP contribution is -2.28. The first-order valence-corrected chi connectivity index (χ1v) is 7.64. The van der Waals surface area contributed by atoms with E-state index in [0.717, 1.165) is 34.3 Å². The summed E-state index contributed by atoms with van der Waals surface area (Å²) < 4.78 is 5.91. The molecule has 0 bridgehead atoms. The molecule has 2 aromatic carbocycles. The van der Waals surface area contributed by atoms with Crippen molar-refractivity contribution in [3.05, 3.63) is 59.2 Å². The molecule has 0 saturated heterocycles. The number of hydrogen-bond donors (Lipinski definition) is 0. The zero-order valence-corrected chi connectivity index (χ0v) is 14.4. The number of hydrogen-bond acceptors (Lipinski definition) is 4. The second-order valence-electron chi connectivity index (χ2n) is 5.56. The number of nitrogens with zero attached hydrogens (tertiary/aromatic N) is 2. The summed E-state index contributed by atoms with van der Waals surface area (Å²) in [6.07, 6.45) is 1.14. The Labute approximate surface area is 142 Å². The zero-order chi connectivity index (χ0) is 17.5. The van der Waals surface area contributed by atoms with Crippen molar-refractivity contribution >= 4 is 17.8 Å². The first-order valence-electron chi connectivity index (χ1n) is 7.64. The molecule has 24 heavy (non-hydrogen) atoms. The predicted octanol–water partition coefficient (Wildman–Crippen LogP) is 3.48. The highest BCUT2D eigenvalue weighted by molar-refractivity contribution is 6.32. The van der Waals surface area contributed by atoms with Gasteiger partial charge in [-0.3, -0.25) is 4.79 Å². The molecule has 0 saturated carbocycles. The second-order valence-corrected chi connectivity index (χ2v) is 5.56. The minimum absolute atomic E-state index is 0.268. The van der Waals surface area contributed by atoms with E-state index in [0.29, 0.717) is 6.61 Å². The van der Waals surface area contributed by atoms with Gasteiger partial charge in [0.1, 0.15) is 25.7 Å². The van der Waals surface area contributed by atoms with Gasteiger partial charge in [-0.05, 0) is 43.2 Å². The lowest BCUT2D eigenvalue weighted by Gasteiger charge is -2.19. The van der Waals surface area contributed by atoms with Gasteiger partial charge in [0.25, 0.3) is 5.91 Å². The van der Waals surface area contributed by atoms with Crippen molar-refractivity contribution in [1.29, 1.82) is 0 Å². The van der Waals surface area contributed by atoms with Gasteiger partial charge in [0.05, 0.1) is 5.69 Å². The minimum Gasteiger partial charge on any atom is -0.489 e. The summed E-state index contributed by atoms with van der Waals surface area (Å²) in [6, 6.07) is 13.7. The lowest BCUT2D eigenvalue weighted by atomic mass is 10.1. The summed E-state index contributed by atoms with van der Waals surface area (Å²) in [7, 11) is 3.09. The van der Waals surface area contributed by atoms with Crippen molar-refractivity contribution in [2.45, 2.75) is 20.5 Å². The van der Waals surface area contributed by atoms with Gasteiger partial charge in [-0.15, -0.1) is 0 Å². The molecule has 0 unspecified atom stereocenters. The Kier molecular flexibility index (Phi) is 5.95. The molecular weight excluding hydrogens is 304 g/mol. The number of aryl methyl sites for hydroxylation is 2. The van der Waals surface area contributed by atoms with Gasteiger partial charge in [0.2, 0.25) is 0 Å². The topological polar surface area (TPSA) is 51.1 Å². The van der Waals surface area contributed by atoms with Crippen LogP contribution in [0, 0.1) is 13.8 Å². The molecule has 126 valence electrons. The van der Waals surface area contributed by atoms with E-state index in [-0.39, 0.29) is 5.91 Å². The van der Waals surface area contributed by atoms with Crippen LogP contribution in [0.4, 0.5) is 5.69 Å². The van der Waals surface area contributed by atoms with E-state index in [4.69, 9.17) is 4.74 Å². The second kappa shape index (κ2) is 8.15. The van der Waals surface area contributed by atoms with Gasteiger partial charge in [0.15, 0.2) is 0 Å². The van der Waals surface area contributed by atoms with Crippen LogP contribution in [0.2, 0.25) is 0 Å². The van der Waals surface area contributed by atoms with Crippen LogP contribution in [0.3, 0.4) is 0 Å². The summed E-state index contributed by atoms with van der Waals surface area (Å²) >= 11 is 0. The molecule has 0 radical (unpaired) electrons. The number of rotatable bonds is 6. The van der Waals surface area contributed by atoms with E-state index in [2.05, 4.69) is 16.1 Å². The van der Waals surface area contributed by atoms with E-state index in [1.807, 2.05) is 50.2 Å². The highest BCUT2D eigenvalue weighted by Crippen LogP contribution is 2.23. The number of oxime groups is 1. The maximum Gasteiger partial charge on any atom is 0.272 e. The number of para-hydroxylation sites is 1. The van der Waals surface area contributed by atoms with Crippen LogP contribution in [0.15, 0.2) is 47.6 Å². The smallest absolute Gasteiger partial charge is 0.272 e. The molecule has 5 nitrogen and oxygen atoms in total. The summed E-state index contributed by atoms with van der Waals surface area (Å²) in [5.41, 5.74) is 4.00. The fraction of sp³-hybridized carbons (Fsp3) is 0.263. The normalized spacial score (nSPS) is 10.7. The molecule has 0 aliphatic carbocycles. The lowest BCUT2D eigenvalue weighted by molar-refractivity contribution is -0.112. The number of ether oxygens (including phenoxy) is 1. The Bertz CT molecular complexity index is 721. The van der Waals surface area contributed by atoms with Crippen molar-refractivity contribution < 1.29 is 14.4 Å². The standard InChI is InChI=1S/C19H22N2O3/c1-14-9-15(2)11-17(10-14)24-13-16-7-5-6-8-18(16)21(3)19(22)12-20-23-4/h5-12H,13H2,1-4H3. The Balaban J connectivity index is 2.16. The average molecular weight is 326 g/mol. The number of carbonyl (C=O) groups is 1. The van der Waals surface area contributed by atoms with Gasteiger partial charge in [-0.25, -0.2) is 0 Å². The fourth-order valence-electron chi connectivity index (χ4n) is 2.44. The Morgan fingerprint density at radius 1 is 1.17 bits per heavy atom. The quantitative estimate of drug-likeness (QED) is 0.603. The molecule has 0 atom stereocenters. The summed E-state index contributed by atoms with van der Waals surface area (Å²) in [5, 5.41) is 3.51. The van der Waals surface area contributed by atoms with Gasteiger partial charge in [-0.2, -0.15) is 0 Å². The van der Waals surface area contributed by atoms with E-state index in [1.54, 1.807) is 7.05 Å². The first-order chi connectivity index (χ1) is 11.5. The average Bonchev–Trinajstić information content (AvgIpc) is 2.56. The minimum atomic E-state index is -0.268. The molecule has 2 aromatic rings. The molecule has 5 heteroatoms. The van der Waals surface area contributed by atoms with Gasteiger partial charge in [-0.1, -0.05) is 29.4 Å². The van der Waals surface area contributed by atoms with Crippen LogP contribution >= 0.6 is 0 Å². The van der Waals surface area contributed by atoms with Crippen LogP contribution < -0.4 is 9.64 Å². The summed E-state index contributed by atoms with van der Waals surface area (Å²) in [6.45, 7) is 4.45. The maximum atomic E-state index is 12.1. The first kappa shape index (κ1) is 17.5. The van der Waals surface area contributed by atoms with Crippen LogP contribution in [-0.2, 0) is 16.2 Å². The monoisotopic (exact) mass is 326 g/mol. The molecule has 0 spiro atoms. The van der Waals surface area contributed by atoms with Gasteiger partial charge in [0, 0.05) is 12.6 Å². The summed E-state index contributed by atoms with van der Waals surface area (Å²) in [4.78, 5) is 18.1. The van der Waals surface area contributed by atoms with Crippen molar-refractivity contribution in [2.75, 3.05) is 19.1 Å². The molecule has 0 heterocycles. The molecular formula is C19H22N2O3. The molecule has 1 amide bonds. The number of amides is 1. The molecule has 0 N–H and O–H groups in total. The summed E-state index contributed by atoms with van der Waals surface area (Å²) in [5.74, 6) is 0.549. The fourth-order valence-corrected chi connectivity index (χ4v) is 2.44. The Hall–Kier alpha value is -2.82. The molecule has 0 aliphatic rings. The van der Waals surface area contributed by atoms with E-state index in [9.17, 15) is 4.79 Å². The number of carbonyl (C=O) groups excluding carboxylic acids is 1. The van der Waals surface area contributed by atoms with Crippen molar-refractivity contribution in [3.63, 3.8) is 0 Å². The maximum absolute atomic E-state index is 12.1. The predicted molar refractivity (Wildman–Crippen MR) is 95.6 cm³/mol. The Morgan fingerprint density at radius 2 is 1.83 bits per heavy atom. The van der Waals surface area contributed by atoms with E-state index < -0.39 is 0 Å². The Morgan fingerprint density at radius 3 is 2.50 bits per heavy atom. The van der Waals surface area contributed by atoms with Gasteiger partial charge >= 0.3 is 0 Å². The molecule has 0 aliphatic heterocycles. The highest BCUT2D eigenvalue weighted by atomic mass is 16.6. The molecule has 0 fully saturated rings. The van der Waals surface area contributed by atoms with Crippen molar-refractivity contribution in [2.24, 2.45) is 5.16 Å². The van der Waals surface area contributed by atoms with Crippen molar-refractivity contribution in [3.8, 4) is 5.75 Å². The third kappa shape index (κ3) is 4.59. The van der Waals surface area contributed by atoms with Crippen LogP contribution in [0.1, 0.15) is 16.7 Å². The third-order valence-corrected chi connectivity index (χ3v) is 3.54. The largest absolute Gasteiger partial charge is 0.489 e. The number of benzene rings is 2. The van der Waals surface area contributed by atoms with Gasteiger partial charge < -0.3 is 14.5 Å². The SMILES string of the molecule is CON=CC(=O)N(C)c1ccccc1COc1cc(C)cc(C)c1. The van der Waals surface area contributed by atoms with E-state index >= 15 is 0 Å². The number of anilines is 1. The molecule has 0 aromatic heterocycles.